The Morgan fingerprint density at radius 2 is 1.94 bits per heavy atom. The first kappa shape index (κ1) is 10.4. The molecule has 1 aromatic rings. The molecule has 0 aliphatic carbocycles. The lowest BCUT2D eigenvalue weighted by Gasteiger charge is -2.14. The number of hydrogen-bond acceptors (Lipinski definition) is 3. The number of rotatable bonds is 2. The summed E-state index contributed by atoms with van der Waals surface area (Å²) in [6.07, 6.45) is 1.31. The van der Waals surface area contributed by atoms with E-state index in [9.17, 15) is 14.7 Å². The zero-order valence-electron chi connectivity index (χ0n) is 8.80. The minimum atomic E-state index is -0.328. The normalized spacial score (nSPS) is 15.6. The van der Waals surface area contributed by atoms with Crippen molar-refractivity contribution in [2.75, 3.05) is 0 Å². The first-order valence-corrected chi connectivity index (χ1v) is 4.90. The van der Waals surface area contributed by atoms with E-state index in [0.29, 0.717) is 11.1 Å². The maximum atomic E-state index is 11.6. The Kier molecular flexibility index (Phi) is 2.48. The predicted octanol–water partition coefficient (Wildman–Crippen LogP) is 1.21. The molecule has 4 nitrogen and oxygen atoms in total. The third-order valence-corrected chi connectivity index (χ3v) is 2.51. The Balaban J connectivity index is 2.22. The van der Waals surface area contributed by atoms with Crippen LogP contribution in [0.25, 0.3) is 0 Å². The van der Waals surface area contributed by atoms with Crippen molar-refractivity contribution in [2.45, 2.75) is 13.5 Å². The number of amides is 2. The topological polar surface area (TPSA) is 57.6 Å². The summed E-state index contributed by atoms with van der Waals surface area (Å²) in [7, 11) is 0. The quantitative estimate of drug-likeness (QED) is 0.757. The fourth-order valence-electron chi connectivity index (χ4n) is 1.60. The van der Waals surface area contributed by atoms with E-state index in [0.717, 1.165) is 4.90 Å². The van der Waals surface area contributed by atoms with E-state index in [2.05, 4.69) is 0 Å². The second-order valence-electron chi connectivity index (χ2n) is 3.69. The van der Waals surface area contributed by atoms with E-state index in [1.807, 2.05) is 0 Å². The lowest BCUT2D eigenvalue weighted by Crippen LogP contribution is -2.30. The number of imide groups is 1. The molecule has 1 aromatic carbocycles. The Hall–Kier alpha value is -2.10. The predicted molar refractivity (Wildman–Crippen MR) is 57.4 cm³/mol. The number of phenols is 1. The Labute approximate surface area is 92.8 Å². The van der Waals surface area contributed by atoms with Crippen molar-refractivity contribution in [1.82, 2.24) is 4.90 Å². The first-order valence-electron chi connectivity index (χ1n) is 4.90. The molecule has 0 fully saturated rings. The fraction of sp³-hybridized carbons (Fsp3) is 0.167. The van der Waals surface area contributed by atoms with E-state index in [1.165, 1.54) is 12.1 Å². The van der Waals surface area contributed by atoms with Gasteiger partial charge < -0.3 is 5.11 Å². The number of aromatic hydroxyl groups is 1. The van der Waals surface area contributed by atoms with E-state index in [1.54, 1.807) is 25.1 Å². The van der Waals surface area contributed by atoms with Crippen molar-refractivity contribution in [2.24, 2.45) is 0 Å². The number of carbonyl (C=O) groups excluding carboxylic acids is 2. The van der Waals surface area contributed by atoms with Crippen molar-refractivity contribution < 1.29 is 14.7 Å². The zero-order chi connectivity index (χ0) is 11.7. The van der Waals surface area contributed by atoms with E-state index >= 15 is 0 Å². The van der Waals surface area contributed by atoms with Crippen LogP contribution in [-0.4, -0.2) is 21.8 Å². The summed E-state index contributed by atoms with van der Waals surface area (Å²) in [4.78, 5) is 24.2. The van der Waals surface area contributed by atoms with Gasteiger partial charge in [0, 0.05) is 17.2 Å². The molecule has 1 heterocycles. The number of carbonyl (C=O) groups is 2. The lowest BCUT2D eigenvalue weighted by molar-refractivity contribution is -0.137. The van der Waals surface area contributed by atoms with Gasteiger partial charge in [0.1, 0.15) is 5.75 Å². The van der Waals surface area contributed by atoms with Gasteiger partial charge >= 0.3 is 0 Å². The summed E-state index contributed by atoms with van der Waals surface area (Å²) in [5, 5.41) is 9.54. The fourth-order valence-corrected chi connectivity index (χ4v) is 1.60. The van der Waals surface area contributed by atoms with Crippen LogP contribution in [0.15, 0.2) is 35.9 Å². The highest BCUT2D eigenvalue weighted by Gasteiger charge is 2.28. The molecule has 4 heteroatoms. The van der Waals surface area contributed by atoms with Crippen LogP contribution >= 0.6 is 0 Å². The van der Waals surface area contributed by atoms with E-state index in [4.69, 9.17) is 0 Å². The molecule has 0 saturated carbocycles. The maximum Gasteiger partial charge on any atom is 0.256 e. The SMILES string of the molecule is CC1=CC(=O)N(Cc2ccccc2O)C1=O. The van der Waals surface area contributed by atoms with Crippen LogP contribution in [-0.2, 0) is 16.1 Å². The van der Waals surface area contributed by atoms with Gasteiger partial charge in [0.15, 0.2) is 0 Å². The third kappa shape index (κ3) is 1.69. The molecule has 1 aliphatic heterocycles. The summed E-state index contributed by atoms with van der Waals surface area (Å²) in [5.74, 6) is -0.536. The average molecular weight is 217 g/mol. The highest BCUT2D eigenvalue weighted by Crippen LogP contribution is 2.21. The van der Waals surface area contributed by atoms with Crippen molar-refractivity contribution in [3.05, 3.63) is 41.5 Å². The highest BCUT2D eigenvalue weighted by molar-refractivity contribution is 6.15. The van der Waals surface area contributed by atoms with Gasteiger partial charge in [-0.3, -0.25) is 14.5 Å². The molecule has 0 saturated heterocycles. The first-order chi connectivity index (χ1) is 7.59. The van der Waals surface area contributed by atoms with E-state index in [-0.39, 0.29) is 24.1 Å². The second-order valence-corrected chi connectivity index (χ2v) is 3.69. The minimum absolute atomic E-state index is 0.0904. The van der Waals surface area contributed by atoms with Gasteiger partial charge in [0.25, 0.3) is 11.8 Å². The minimum Gasteiger partial charge on any atom is -0.508 e. The van der Waals surface area contributed by atoms with Crippen LogP contribution in [0.5, 0.6) is 5.75 Å². The number of para-hydroxylation sites is 1. The Morgan fingerprint density at radius 3 is 2.50 bits per heavy atom. The second kappa shape index (κ2) is 3.81. The smallest absolute Gasteiger partial charge is 0.256 e. The van der Waals surface area contributed by atoms with Crippen LogP contribution in [0, 0.1) is 0 Å². The van der Waals surface area contributed by atoms with Gasteiger partial charge in [-0.05, 0) is 13.0 Å². The lowest BCUT2D eigenvalue weighted by atomic mass is 10.2. The van der Waals surface area contributed by atoms with Gasteiger partial charge in [0.2, 0.25) is 0 Å². The van der Waals surface area contributed by atoms with Gasteiger partial charge in [-0.2, -0.15) is 0 Å². The van der Waals surface area contributed by atoms with Gasteiger partial charge in [0.05, 0.1) is 6.54 Å². The number of hydrogen-bond donors (Lipinski definition) is 1. The molecule has 1 N–H and O–H groups in total. The molecule has 0 aromatic heterocycles. The number of nitrogens with zero attached hydrogens (tertiary/aromatic N) is 1. The zero-order valence-corrected chi connectivity index (χ0v) is 8.80. The van der Waals surface area contributed by atoms with Crippen LogP contribution in [0.4, 0.5) is 0 Å². The molecule has 1 aliphatic rings. The highest BCUT2D eigenvalue weighted by atomic mass is 16.3. The number of phenolic OH excluding ortho intramolecular Hbond substituents is 1. The molecule has 0 atom stereocenters. The van der Waals surface area contributed by atoms with Gasteiger partial charge in [-0.25, -0.2) is 0 Å². The molecular formula is C12H11NO3. The molecule has 82 valence electrons. The van der Waals surface area contributed by atoms with Crippen LogP contribution in [0.2, 0.25) is 0 Å². The Bertz CT molecular complexity index is 491. The summed E-state index contributed by atoms with van der Waals surface area (Å²) in [6, 6.07) is 6.65. The largest absolute Gasteiger partial charge is 0.508 e. The molecule has 2 amide bonds. The molecule has 0 spiro atoms. The van der Waals surface area contributed by atoms with Crippen LogP contribution in [0.1, 0.15) is 12.5 Å². The molecule has 16 heavy (non-hydrogen) atoms. The molecule has 0 radical (unpaired) electrons. The summed E-state index contributed by atoms with van der Waals surface area (Å²) >= 11 is 0. The molecule has 0 bridgehead atoms. The van der Waals surface area contributed by atoms with Crippen LogP contribution in [0.3, 0.4) is 0 Å². The van der Waals surface area contributed by atoms with Crippen molar-refractivity contribution in [3.63, 3.8) is 0 Å². The summed E-state index contributed by atoms with van der Waals surface area (Å²) in [6.45, 7) is 1.71. The maximum absolute atomic E-state index is 11.6. The van der Waals surface area contributed by atoms with Crippen molar-refractivity contribution in [1.29, 1.82) is 0 Å². The number of benzene rings is 1. The monoisotopic (exact) mass is 217 g/mol. The van der Waals surface area contributed by atoms with Gasteiger partial charge in [-0.1, -0.05) is 18.2 Å². The van der Waals surface area contributed by atoms with Crippen molar-refractivity contribution in [3.8, 4) is 5.75 Å². The average Bonchev–Trinajstić information content (AvgIpc) is 2.48. The molecular weight excluding hydrogens is 206 g/mol. The van der Waals surface area contributed by atoms with E-state index < -0.39 is 0 Å². The summed E-state index contributed by atoms with van der Waals surface area (Å²) < 4.78 is 0. The molecule has 0 unspecified atom stereocenters. The molecule has 2 rings (SSSR count). The third-order valence-electron chi connectivity index (χ3n) is 2.51. The van der Waals surface area contributed by atoms with Gasteiger partial charge in [-0.15, -0.1) is 0 Å². The van der Waals surface area contributed by atoms with Crippen molar-refractivity contribution >= 4 is 11.8 Å². The Morgan fingerprint density at radius 1 is 1.25 bits per heavy atom. The van der Waals surface area contributed by atoms with Crippen LogP contribution < -0.4 is 0 Å². The standard InChI is InChI=1S/C12H11NO3/c1-8-6-11(15)13(12(8)16)7-9-4-2-3-5-10(9)14/h2-6,14H,7H2,1H3. The summed E-state index contributed by atoms with van der Waals surface area (Å²) in [5.41, 5.74) is 0.993.